The third-order valence-corrected chi connectivity index (χ3v) is 5.19. The molecule has 0 atom stereocenters. The first-order valence-corrected chi connectivity index (χ1v) is 8.90. The van der Waals surface area contributed by atoms with Crippen molar-refractivity contribution in [3.63, 3.8) is 0 Å². The molecular formula is C20H17FN6. The summed E-state index contributed by atoms with van der Waals surface area (Å²) in [6, 6.07) is 12.8. The van der Waals surface area contributed by atoms with Crippen LogP contribution in [0.5, 0.6) is 0 Å². The summed E-state index contributed by atoms with van der Waals surface area (Å²) in [6.07, 6.45) is 6.08. The molecule has 134 valence electrons. The van der Waals surface area contributed by atoms with Gasteiger partial charge >= 0.3 is 0 Å². The lowest BCUT2D eigenvalue weighted by Gasteiger charge is -2.42. The minimum Gasteiger partial charge on any atom is -0.357 e. The Bertz CT molecular complexity index is 1100. The maximum absolute atomic E-state index is 14.2. The zero-order valence-corrected chi connectivity index (χ0v) is 14.5. The van der Waals surface area contributed by atoms with Crippen molar-refractivity contribution in [1.29, 1.82) is 0 Å². The lowest BCUT2D eigenvalue weighted by molar-refractivity contribution is 0.265. The number of hydrogen-bond donors (Lipinski definition) is 2. The van der Waals surface area contributed by atoms with Gasteiger partial charge < -0.3 is 5.32 Å². The van der Waals surface area contributed by atoms with E-state index in [0.717, 1.165) is 41.4 Å². The van der Waals surface area contributed by atoms with Gasteiger partial charge in [0.05, 0.1) is 22.9 Å². The van der Waals surface area contributed by atoms with Gasteiger partial charge in [-0.1, -0.05) is 6.07 Å². The molecule has 5 rings (SSSR count). The highest BCUT2D eigenvalue weighted by atomic mass is 19.1. The summed E-state index contributed by atoms with van der Waals surface area (Å²) in [5, 5.41) is 20.0. The van der Waals surface area contributed by atoms with Gasteiger partial charge in [0.15, 0.2) is 0 Å². The number of hydrogen-bond acceptors (Lipinski definition) is 5. The fourth-order valence-corrected chi connectivity index (χ4v) is 3.59. The van der Waals surface area contributed by atoms with E-state index in [9.17, 15) is 4.39 Å². The summed E-state index contributed by atoms with van der Waals surface area (Å²) >= 11 is 0. The van der Waals surface area contributed by atoms with Crippen LogP contribution < -0.4 is 5.32 Å². The molecule has 0 unspecified atom stereocenters. The number of halogens is 1. The fraction of sp³-hybridized carbons (Fsp3) is 0.200. The summed E-state index contributed by atoms with van der Waals surface area (Å²) < 4.78 is 14.2. The number of benzene rings is 1. The molecule has 1 saturated carbocycles. The molecule has 4 aromatic rings. The monoisotopic (exact) mass is 360 g/mol. The summed E-state index contributed by atoms with van der Waals surface area (Å²) in [7, 11) is 0. The van der Waals surface area contributed by atoms with Crippen molar-refractivity contribution < 1.29 is 4.39 Å². The maximum atomic E-state index is 14.2. The number of nitrogens with one attached hydrogen (secondary N) is 2. The molecule has 0 radical (unpaired) electrons. The smallest absolute Gasteiger partial charge is 0.149 e. The van der Waals surface area contributed by atoms with Gasteiger partial charge in [-0.2, -0.15) is 5.10 Å². The van der Waals surface area contributed by atoms with Gasteiger partial charge in [-0.05, 0) is 55.7 Å². The van der Waals surface area contributed by atoms with Crippen LogP contribution in [0.4, 0.5) is 10.2 Å². The molecule has 7 heteroatoms. The number of anilines is 1. The van der Waals surface area contributed by atoms with E-state index < -0.39 is 5.54 Å². The van der Waals surface area contributed by atoms with Crippen LogP contribution >= 0.6 is 0 Å². The van der Waals surface area contributed by atoms with Crippen LogP contribution in [0.15, 0.2) is 54.9 Å². The summed E-state index contributed by atoms with van der Waals surface area (Å²) in [4.78, 5) is 4.26. The first-order valence-electron chi connectivity index (χ1n) is 8.90. The largest absolute Gasteiger partial charge is 0.357 e. The predicted molar refractivity (Wildman–Crippen MR) is 100 cm³/mol. The molecule has 1 aromatic carbocycles. The number of fused-ring (bicyclic) bond motifs is 1. The second kappa shape index (κ2) is 6.12. The number of rotatable bonds is 4. The number of H-pyrrole nitrogens is 1. The third kappa shape index (κ3) is 2.71. The Morgan fingerprint density at radius 2 is 2.00 bits per heavy atom. The first kappa shape index (κ1) is 15.9. The van der Waals surface area contributed by atoms with Crippen LogP contribution in [0.3, 0.4) is 0 Å². The van der Waals surface area contributed by atoms with E-state index in [1.54, 1.807) is 18.5 Å². The zero-order valence-electron chi connectivity index (χ0n) is 14.5. The topological polar surface area (TPSA) is 79.4 Å². The van der Waals surface area contributed by atoms with Crippen molar-refractivity contribution in [2.75, 3.05) is 5.32 Å². The van der Waals surface area contributed by atoms with Gasteiger partial charge in [-0.25, -0.2) is 4.39 Å². The lowest BCUT2D eigenvalue weighted by atomic mass is 9.74. The van der Waals surface area contributed by atoms with E-state index in [2.05, 4.69) is 30.7 Å². The Hall–Kier alpha value is -3.35. The predicted octanol–water partition coefficient (Wildman–Crippen LogP) is 4.05. The number of pyridine rings is 1. The average molecular weight is 360 g/mol. The Morgan fingerprint density at radius 3 is 2.74 bits per heavy atom. The molecule has 1 aliphatic carbocycles. The van der Waals surface area contributed by atoms with Crippen LogP contribution in [-0.4, -0.2) is 25.4 Å². The van der Waals surface area contributed by atoms with E-state index in [4.69, 9.17) is 0 Å². The van der Waals surface area contributed by atoms with Gasteiger partial charge in [-0.15, -0.1) is 10.2 Å². The second-order valence-electron chi connectivity index (χ2n) is 6.87. The molecule has 0 amide bonds. The molecule has 6 nitrogen and oxygen atoms in total. The zero-order chi connectivity index (χ0) is 18.3. The normalized spacial score (nSPS) is 15.4. The number of nitrogens with zero attached hydrogens (tertiary/aromatic N) is 4. The SMILES string of the molecule is Fc1cccnc1C1(Nc2ccc(-c3ccc4[nH]ncc4c3)nn2)CCC1. The second-order valence-corrected chi connectivity index (χ2v) is 6.87. The molecule has 1 aliphatic rings. The molecule has 3 heterocycles. The molecular weight excluding hydrogens is 343 g/mol. The van der Waals surface area contributed by atoms with Crippen LogP contribution in [0, 0.1) is 5.82 Å². The fourth-order valence-electron chi connectivity index (χ4n) is 3.59. The van der Waals surface area contributed by atoms with E-state index in [-0.39, 0.29) is 5.82 Å². The maximum Gasteiger partial charge on any atom is 0.149 e. The minimum absolute atomic E-state index is 0.289. The molecule has 1 fully saturated rings. The third-order valence-electron chi connectivity index (χ3n) is 5.19. The average Bonchev–Trinajstić information content (AvgIpc) is 3.14. The highest BCUT2D eigenvalue weighted by Gasteiger charge is 2.42. The highest BCUT2D eigenvalue weighted by Crippen LogP contribution is 2.43. The molecule has 2 N–H and O–H groups in total. The number of aromatic nitrogens is 5. The van der Waals surface area contributed by atoms with Gasteiger partial charge in [0.25, 0.3) is 0 Å². The lowest BCUT2D eigenvalue weighted by Crippen LogP contribution is -2.43. The van der Waals surface area contributed by atoms with Crippen molar-refractivity contribution in [3.8, 4) is 11.3 Å². The quantitative estimate of drug-likeness (QED) is 0.574. The molecule has 0 bridgehead atoms. The van der Waals surface area contributed by atoms with Gasteiger partial charge in [0.1, 0.15) is 17.3 Å². The van der Waals surface area contributed by atoms with Crippen molar-refractivity contribution in [1.82, 2.24) is 25.4 Å². The molecule has 0 aliphatic heterocycles. The van der Waals surface area contributed by atoms with Crippen molar-refractivity contribution in [3.05, 3.63) is 66.4 Å². The minimum atomic E-state index is -0.503. The van der Waals surface area contributed by atoms with Crippen LogP contribution in [0.2, 0.25) is 0 Å². The summed E-state index contributed by atoms with van der Waals surface area (Å²) in [6.45, 7) is 0. The molecule has 0 spiro atoms. The molecule has 0 saturated heterocycles. The van der Waals surface area contributed by atoms with Crippen LogP contribution in [-0.2, 0) is 5.54 Å². The van der Waals surface area contributed by atoms with Gasteiger partial charge in [0, 0.05) is 17.1 Å². The van der Waals surface area contributed by atoms with Crippen LogP contribution in [0.25, 0.3) is 22.2 Å². The van der Waals surface area contributed by atoms with E-state index in [1.807, 2.05) is 30.3 Å². The summed E-state index contributed by atoms with van der Waals surface area (Å²) in [5.41, 5.74) is 2.67. The van der Waals surface area contributed by atoms with E-state index in [1.165, 1.54) is 6.07 Å². The van der Waals surface area contributed by atoms with Gasteiger partial charge in [0.2, 0.25) is 0 Å². The Morgan fingerprint density at radius 1 is 1.07 bits per heavy atom. The number of aromatic amines is 1. The standard InChI is InChI=1S/C20H17FN6/c21-15-3-1-10-22-19(15)20(8-2-9-20)24-18-7-6-16(26-27-18)13-4-5-17-14(11-13)12-23-25-17/h1,3-7,10-12H,2,8-9H2,(H,23,25)(H,24,27). The van der Waals surface area contributed by atoms with Gasteiger partial charge in [-0.3, -0.25) is 10.1 Å². The molecule has 3 aromatic heterocycles. The van der Waals surface area contributed by atoms with E-state index >= 15 is 0 Å². The summed E-state index contributed by atoms with van der Waals surface area (Å²) in [5.74, 6) is 0.329. The highest BCUT2D eigenvalue weighted by molar-refractivity contribution is 5.83. The van der Waals surface area contributed by atoms with E-state index in [0.29, 0.717) is 11.5 Å². The van der Waals surface area contributed by atoms with Crippen molar-refractivity contribution >= 4 is 16.7 Å². The first-order chi connectivity index (χ1) is 13.2. The Kier molecular flexibility index (Phi) is 3.60. The molecule has 27 heavy (non-hydrogen) atoms. The van der Waals surface area contributed by atoms with Crippen molar-refractivity contribution in [2.45, 2.75) is 24.8 Å². The Balaban J connectivity index is 1.42. The van der Waals surface area contributed by atoms with Crippen LogP contribution in [0.1, 0.15) is 25.0 Å². The van der Waals surface area contributed by atoms with Crippen molar-refractivity contribution in [2.24, 2.45) is 0 Å². The Labute approximate surface area is 154 Å².